The van der Waals surface area contributed by atoms with Crippen molar-refractivity contribution in [2.75, 3.05) is 0 Å². The third-order valence-electron chi connectivity index (χ3n) is 1.77. The molecule has 3 radical (unpaired) electrons. The molecule has 1 unspecified atom stereocenters. The maximum absolute atomic E-state index is 6.00. The van der Waals surface area contributed by atoms with Gasteiger partial charge in [-0.05, 0) is 17.2 Å². The minimum absolute atomic E-state index is 0.288. The molecule has 0 aromatic heterocycles. The SMILES string of the molecule is CCC([Si])c1cccc(Cl)c1Cl. The summed E-state index contributed by atoms with van der Waals surface area (Å²) in [5.41, 5.74) is 1.35. The molecule has 1 aromatic rings. The lowest BCUT2D eigenvalue weighted by molar-refractivity contribution is 0.883. The predicted molar refractivity (Wildman–Crippen MR) is 55.2 cm³/mol. The highest BCUT2D eigenvalue weighted by molar-refractivity contribution is 6.42. The third kappa shape index (κ3) is 2.03. The van der Waals surface area contributed by atoms with Gasteiger partial charge in [0.05, 0.1) is 10.0 Å². The summed E-state index contributed by atoms with van der Waals surface area (Å²) in [6.07, 6.45) is 0.997. The highest BCUT2D eigenvalue weighted by Crippen LogP contribution is 2.30. The van der Waals surface area contributed by atoms with Crippen LogP contribution in [0.5, 0.6) is 0 Å². The Morgan fingerprint density at radius 1 is 1.42 bits per heavy atom. The van der Waals surface area contributed by atoms with E-state index < -0.39 is 0 Å². The Kier molecular flexibility index (Phi) is 3.63. The van der Waals surface area contributed by atoms with Crippen molar-refractivity contribution in [3.8, 4) is 0 Å². The number of benzene rings is 1. The molecule has 3 heteroatoms. The molecule has 0 nitrogen and oxygen atoms in total. The lowest BCUT2D eigenvalue weighted by Crippen LogP contribution is -1.96. The van der Waals surface area contributed by atoms with Crippen molar-refractivity contribution in [2.45, 2.75) is 18.9 Å². The number of hydrogen-bond acceptors (Lipinski definition) is 0. The summed E-state index contributed by atoms with van der Waals surface area (Å²) in [5, 5.41) is 1.27. The number of rotatable bonds is 2. The van der Waals surface area contributed by atoms with E-state index in [1.54, 1.807) is 6.07 Å². The zero-order valence-corrected chi connectivity index (χ0v) is 9.28. The van der Waals surface area contributed by atoms with Gasteiger partial charge in [0.25, 0.3) is 0 Å². The molecule has 0 spiro atoms. The summed E-state index contributed by atoms with van der Waals surface area (Å²) < 4.78 is 0. The molecule has 1 aromatic carbocycles. The van der Waals surface area contributed by atoms with Gasteiger partial charge >= 0.3 is 0 Å². The summed E-state index contributed by atoms with van der Waals surface area (Å²) in [7, 11) is 3.58. The van der Waals surface area contributed by atoms with E-state index in [0.29, 0.717) is 10.0 Å². The van der Waals surface area contributed by atoms with Crippen molar-refractivity contribution in [3.63, 3.8) is 0 Å². The Hall–Kier alpha value is 0.0169. The monoisotopic (exact) mass is 215 g/mol. The van der Waals surface area contributed by atoms with Gasteiger partial charge in [-0.2, -0.15) is 0 Å². The largest absolute Gasteiger partial charge is 0.0827 e. The van der Waals surface area contributed by atoms with Crippen molar-refractivity contribution in [1.82, 2.24) is 0 Å². The van der Waals surface area contributed by atoms with Gasteiger partial charge in [-0.1, -0.05) is 48.7 Å². The van der Waals surface area contributed by atoms with E-state index in [1.165, 1.54) is 0 Å². The van der Waals surface area contributed by atoms with Crippen molar-refractivity contribution in [2.24, 2.45) is 0 Å². The molecular weight excluding hydrogens is 207 g/mol. The second kappa shape index (κ2) is 4.31. The van der Waals surface area contributed by atoms with Crippen LogP contribution >= 0.6 is 23.2 Å². The minimum atomic E-state index is 0.288. The lowest BCUT2D eigenvalue weighted by atomic mass is 10.1. The standard InChI is InChI=1S/C9H9Cl2Si/c1-2-8(12)6-4-3-5-7(10)9(6)11/h3-5,8H,2H2,1H3. The second-order valence-electron chi connectivity index (χ2n) is 2.60. The zero-order chi connectivity index (χ0) is 9.14. The molecule has 12 heavy (non-hydrogen) atoms. The fourth-order valence-corrected chi connectivity index (χ4v) is 1.78. The molecule has 0 aliphatic rings. The van der Waals surface area contributed by atoms with E-state index >= 15 is 0 Å². The van der Waals surface area contributed by atoms with Crippen LogP contribution in [0, 0.1) is 0 Å². The van der Waals surface area contributed by atoms with Gasteiger partial charge in [0, 0.05) is 10.2 Å². The average Bonchev–Trinajstić information content (AvgIpc) is 2.08. The topological polar surface area (TPSA) is 0 Å². The number of hydrogen-bond donors (Lipinski definition) is 0. The maximum Gasteiger partial charge on any atom is 0.0623 e. The molecule has 0 heterocycles. The first-order valence-corrected chi connectivity index (χ1v) is 5.15. The van der Waals surface area contributed by atoms with E-state index in [-0.39, 0.29) is 5.54 Å². The summed E-state index contributed by atoms with van der Waals surface area (Å²) in [5.74, 6) is 0. The predicted octanol–water partition coefficient (Wildman–Crippen LogP) is 3.61. The quantitative estimate of drug-likeness (QED) is 0.662. The van der Waals surface area contributed by atoms with Crippen molar-refractivity contribution >= 4 is 33.4 Å². The highest BCUT2D eigenvalue weighted by atomic mass is 35.5. The summed E-state index contributed by atoms with van der Waals surface area (Å²) in [6.45, 7) is 2.09. The van der Waals surface area contributed by atoms with Crippen molar-refractivity contribution in [3.05, 3.63) is 33.8 Å². The van der Waals surface area contributed by atoms with Gasteiger partial charge in [0.1, 0.15) is 0 Å². The van der Waals surface area contributed by atoms with Gasteiger partial charge in [0.15, 0.2) is 0 Å². The van der Waals surface area contributed by atoms with E-state index in [9.17, 15) is 0 Å². The normalized spacial score (nSPS) is 13.0. The Labute approximate surface area is 86.3 Å². The van der Waals surface area contributed by atoms with Crippen LogP contribution < -0.4 is 0 Å². The van der Waals surface area contributed by atoms with Crippen LogP contribution in [0.3, 0.4) is 0 Å². The van der Waals surface area contributed by atoms with Crippen LogP contribution in [0.2, 0.25) is 10.0 Å². The molecule has 0 saturated heterocycles. The minimum Gasteiger partial charge on any atom is -0.0827 e. The molecular formula is C9H9Cl2Si. The Bertz CT molecular complexity index is 273. The van der Waals surface area contributed by atoms with Crippen molar-refractivity contribution in [1.29, 1.82) is 0 Å². The average molecular weight is 216 g/mol. The molecule has 0 fully saturated rings. The second-order valence-corrected chi connectivity index (χ2v) is 4.09. The molecule has 0 amide bonds. The van der Waals surface area contributed by atoms with Gasteiger partial charge in [-0.15, -0.1) is 0 Å². The van der Waals surface area contributed by atoms with Crippen molar-refractivity contribution < 1.29 is 0 Å². The van der Waals surface area contributed by atoms with E-state index in [0.717, 1.165) is 12.0 Å². The molecule has 0 aliphatic heterocycles. The molecule has 0 saturated carbocycles. The Balaban J connectivity index is 3.07. The van der Waals surface area contributed by atoms with Crippen LogP contribution in [-0.2, 0) is 0 Å². The van der Waals surface area contributed by atoms with Crippen LogP contribution in [0.1, 0.15) is 24.4 Å². The van der Waals surface area contributed by atoms with E-state index in [4.69, 9.17) is 23.2 Å². The first-order chi connectivity index (χ1) is 5.66. The van der Waals surface area contributed by atoms with Gasteiger partial charge in [-0.3, -0.25) is 0 Å². The Morgan fingerprint density at radius 2 is 2.08 bits per heavy atom. The summed E-state index contributed by atoms with van der Waals surface area (Å²) in [6, 6.07) is 5.68. The van der Waals surface area contributed by atoms with E-state index in [2.05, 4.69) is 17.2 Å². The molecule has 1 atom stereocenters. The lowest BCUT2D eigenvalue weighted by Gasteiger charge is -2.11. The Morgan fingerprint density at radius 3 is 2.67 bits per heavy atom. The van der Waals surface area contributed by atoms with Crippen LogP contribution in [0.25, 0.3) is 0 Å². The van der Waals surface area contributed by atoms with Crippen LogP contribution in [0.15, 0.2) is 18.2 Å². The number of halogens is 2. The maximum atomic E-state index is 6.00. The van der Waals surface area contributed by atoms with E-state index in [1.807, 2.05) is 12.1 Å². The summed E-state index contributed by atoms with van der Waals surface area (Å²) in [4.78, 5) is 0. The summed E-state index contributed by atoms with van der Waals surface area (Å²) >= 11 is 11.9. The van der Waals surface area contributed by atoms with Crippen LogP contribution in [-0.4, -0.2) is 10.2 Å². The van der Waals surface area contributed by atoms with Gasteiger partial charge in [-0.25, -0.2) is 0 Å². The smallest absolute Gasteiger partial charge is 0.0623 e. The highest BCUT2D eigenvalue weighted by Gasteiger charge is 2.09. The van der Waals surface area contributed by atoms with Crippen LogP contribution in [0.4, 0.5) is 0 Å². The zero-order valence-electron chi connectivity index (χ0n) is 6.77. The first-order valence-electron chi connectivity index (χ1n) is 3.81. The van der Waals surface area contributed by atoms with Gasteiger partial charge < -0.3 is 0 Å². The molecule has 1 rings (SSSR count). The fourth-order valence-electron chi connectivity index (χ4n) is 1.01. The third-order valence-corrected chi connectivity index (χ3v) is 3.32. The molecule has 0 bridgehead atoms. The molecule has 0 aliphatic carbocycles. The fraction of sp³-hybridized carbons (Fsp3) is 0.333. The first kappa shape index (κ1) is 10.1. The molecule has 0 N–H and O–H groups in total. The molecule has 63 valence electrons. The van der Waals surface area contributed by atoms with Gasteiger partial charge in [0.2, 0.25) is 0 Å².